The number of nitro benzene ring substituents is 1. The number of nitro groups is 1. The van der Waals surface area contributed by atoms with Gasteiger partial charge in [-0.1, -0.05) is 13.0 Å². The molecule has 1 heterocycles. The second-order valence-corrected chi connectivity index (χ2v) is 6.22. The van der Waals surface area contributed by atoms with E-state index in [0.717, 1.165) is 17.9 Å². The maximum Gasteiger partial charge on any atom is 0.321 e. The average molecular weight is 329 g/mol. The molecule has 2 amide bonds. The minimum Gasteiger partial charge on any atom is -0.464 e. The predicted octanol–water partition coefficient (Wildman–Crippen LogP) is 3.98. The van der Waals surface area contributed by atoms with E-state index in [9.17, 15) is 14.9 Å². The van der Waals surface area contributed by atoms with Crippen LogP contribution in [0.2, 0.25) is 0 Å². The van der Waals surface area contributed by atoms with Gasteiger partial charge in [0.1, 0.15) is 11.5 Å². The molecule has 0 bridgehead atoms. The van der Waals surface area contributed by atoms with Crippen LogP contribution in [0.5, 0.6) is 0 Å². The van der Waals surface area contributed by atoms with Crippen LogP contribution in [-0.2, 0) is 6.54 Å². The summed E-state index contributed by atoms with van der Waals surface area (Å²) >= 11 is 0. The second-order valence-electron chi connectivity index (χ2n) is 6.22. The van der Waals surface area contributed by atoms with Crippen LogP contribution in [0.25, 0.3) is 0 Å². The highest BCUT2D eigenvalue weighted by molar-refractivity contribution is 5.89. The lowest BCUT2D eigenvalue weighted by atomic mass is 10.3. The third kappa shape index (κ3) is 3.56. The number of furan rings is 1. The first kappa shape index (κ1) is 16.0. The van der Waals surface area contributed by atoms with Gasteiger partial charge < -0.3 is 14.6 Å². The molecular weight excluding hydrogens is 310 g/mol. The number of rotatable bonds is 5. The molecule has 7 heteroatoms. The first-order valence-corrected chi connectivity index (χ1v) is 7.79. The van der Waals surface area contributed by atoms with E-state index in [2.05, 4.69) is 12.2 Å². The maximum absolute atomic E-state index is 12.2. The Morgan fingerprint density at radius 1 is 1.42 bits per heavy atom. The van der Waals surface area contributed by atoms with Crippen molar-refractivity contribution >= 4 is 17.4 Å². The number of hydrogen-bond donors (Lipinski definition) is 1. The quantitative estimate of drug-likeness (QED) is 0.664. The van der Waals surface area contributed by atoms with Gasteiger partial charge in [0, 0.05) is 30.8 Å². The third-order valence-electron chi connectivity index (χ3n) is 4.21. The minimum absolute atomic E-state index is 0.0651. The molecule has 0 spiro atoms. The van der Waals surface area contributed by atoms with Gasteiger partial charge in [-0.3, -0.25) is 10.1 Å². The number of benzene rings is 1. The molecule has 2 aromatic rings. The van der Waals surface area contributed by atoms with Gasteiger partial charge in [0.05, 0.1) is 11.5 Å². The smallest absolute Gasteiger partial charge is 0.321 e. The maximum atomic E-state index is 12.2. The molecule has 1 aromatic carbocycles. The zero-order valence-corrected chi connectivity index (χ0v) is 13.6. The molecule has 1 saturated carbocycles. The molecular formula is C17H19N3O4. The van der Waals surface area contributed by atoms with Gasteiger partial charge in [-0.15, -0.1) is 0 Å². The van der Waals surface area contributed by atoms with E-state index < -0.39 is 4.92 Å². The average Bonchev–Trinajstić information content (AvgIpc) is 3.09. The van der Waals surface area contributed by atoms with E-state index in [1.807, 2.05) is 12.1 Å². The molecule has 1 aromatic heterocycles. The number of urea groups is 1. The predicted molar refractivity (Wildman–Crippen MR) is 88.8 cm³/mol. The Balaban J connectivity index is 1.59. The number of non-ortho nitro benzene ring substituents is 1. The van der Waals surface area contributed by atoms with Crippen molar-refractivity contribution in [2.75, 3.05) is 12.4 Å². The Kier molecular flexibility index (Phi) is 4.24. The summed E-state index contributed by atoms with van der Waals surface area (Å²) in [7, 11) is 1.65. The van der Waals surface area contributed by atoms with Gasteiger partial charge in [-0.25, -0.2) is 4.79 Å². The monoisotopic (exact) mass is 329 g/mol. The summed E-state index contributed by atoms with van der Waals surface area (Å²) in [5, 5.41) is 13.4. The van der Waals surface area contributed by atoms with Crippen LogP contribution in [0.15, 0.2) is 40.8 Å². The number of carbonyl (C=O) groups is 1. The highest BCUT2D eigenvalue weighted by Gasteiger charge is 2.36. The Bertz CT molecular complexity index is 771. The van der Waals surface area contributed by atoms with Crippen LogP contribution in [-0.4, -0.2) is 22.9 Å². The normalized spacial score (nSPS) is 18.9. The van der Waals surface area contributed by atoms with Crippen molar-refractivity contribution in [3.8, 4) is 0 Å². The standard InChI is InChI=1S/C17H19N3O4/c1-11-8-15(11)16-7-6-14(24-16)10-19(2)17(21)18-12-4-3-5-13(9-12)20(22)23/h3-7,9,11,15H,8,10H2,1-2H3,(H,18,21). The van der Waals surface area contributed by atoms with Crippen molar-refractivity contribution in [1.82, 2.24) is 4.90 Å². The molecule has 7 nitrogen and oxygen atoms in total. The number of nitrogens with zero attached hydrogens (tertiary/aromatic N) is 2. The van der Waals surface area contributed by atoms with Gasteiger partial charge in [-0.05, 0) is 30.5 Å². The summed E-state index contributed by atoms with van der Waals surface area (Å²) < 4.78 is 5.79. The first-order chi connectivity index (χ1) is 11.4. The molecule has 0 aliphatic heterocycles. The molecule has 24 heavy (non-hydrogen) atoms. The second kappa shape index (κ2) is 6.35. The zero-order valence-electron chi connectivity index (χ0n) is 13.6. The van der Waals surface area contributed by atoms with E-state index in [4.69, 9.17) is 4.42 Å². The van der Waals surface area contributed by atoms with Gasteiger partial charge in [0.2, 0.25) is 0 Å². The highest BCUT2D eigenvalue weighted by atomic mass is 16.6. The topological polar surface area (TPSA) is 88.6 Å². The lowest BCUT2D eigenvalue weighted by molar-refractivity contribution is -0.384. The number of amides is 2. The van der Waals surface area contributed by atoms with E-state index >= 15 is 0 Å². The van der Waals surface area contributed by atoms with E-state index in [-0.39, 0.29) is 11.7 Å². The van der Waals surface area contributed by atoms with Crippen LogP contribution in [0.4, 0.5) is 16.2 Å². The van der Waals surface area contributed by atoms with Crippen molar-refractivity contribution < 1.29 is 14.1 Å². The van der Waals surface area contributed by atoms with E-state index in [1.54, 1.807) is 13.1 Å². The van der Waals surface area contributed by atoms with Crippen LogP contribution in [0.3, 0.4) is 0 Å². The van der Waals surface area contributed by atoms with Crippen LogP contribution in [0, 0.1) is 16.0 Å². The Morgan fingerprint density at radius 3 is 2.83 bits per heavy atom. The van der Waals surface area contributed by atoms with Crippen LogP contribution >= 0.6 is 0 Å². The van der Waals surface area contributed by atoms with Gasteiger partial charge in [-0.2, -0.15) is 0 Å². The fourth-order valence-corrected chi connectivity index (χ4v) is 2.62. The SMILES string of the molecule is CC1CC1c1ccc(CN(C)C(=O)Nc2cccc([N+](=O)[O-])c2)o1. The Morgan fingerprint density at radius 2 is 2.17 bits per heavy atom. The van der Waals surface area contributed by atoms with Crippen molar-refractivity contribution in [3.63, 3.8) is 0 Å². The third-order valence-corrected chi connectivity index (χ3v) is 4.21. The largest absolute Gasteiger partial charge is 0.464 e. The van der Waals surface area contributed by atoms with E-state index in [0.29, 0.717) is 24.1 Å². The summed E-state index contributed by atoms with van der Waals surface area (Å²) in [6, 6.07) is 9.34. The van der Waals surface area contributed by atoms with E-state index in [1.165, 1.54) is 23.1 Å². The molecule has 0 saturated heterocycles. The molecule has 2 unspecified atom stereocenters. The van der Waals surface area contributed by atoms with Gasteiger partial charge in [0.25, 0.3) is 5.69 Å². The number of carbonyl (C=O) groups excluding carboxylic acids is 1. The first-order valence-electron chi connectivity index (χ1n) is 7.79. The fourth-order valence-electron chi connectivity index (χ4n) is 2.62. The molecule has 1 aliphatic rings. The Hall–Kier alpha value is -2.83. The molecule has 0 radical (unpaired) electrons. The van der Waals surface area contributed by atoms with Crippen molar-refractivity contribution in [1.29, 1.82) is 0 Å². The molecule has 3 rings (SSSR count). The minimum atomic E-state index is -0.497. The zero-order chi connectivity index (χ0) is 17.3. The van der Waals surface area contributed by atoms with Crippen LogP contribution < -0.4 is 5.32 Å². The lowest BCUT2D eigenvalue weighted by Crippen LogP contribution is -2.30. The summed E-state index contributed by atoms with van der Waals surface area (Å²) in [5.41, 5.74) is 0.317. The van der Waals surface area contributed by atoms with Crippen molar-refractivity contribution in [2.45, 2.75) is 25.8 Å². The van der Waals surface area contributed by atoms with Gasteiger partial charge in [0.15, 0.2) is 0 Å². The molecule has 1 N–H and O–H groups in total. The summed E-state index contributed by atoms with van der Waals surface area (Å²) in [6.07, 6.45) is 1.15. The van der Waals surface area contributed by atoms with Crippen molar-refractivity contribution in [3.05, 3.63) is 58.0 Å². The molecule has 2 atom stereocenters. The lowest BCUT2D eigenvalue weighted by Gasteiger charge is -2.16. The number of hydrogen-bond acceptors (Lipinski definition) is 4. The fraction of sp³-hybridized carbons (Fsp3) is 0.353. The van der Waals surface area contributed by atoms with Gasteiger partial charge >= 0.3 is 6.03 Å². The van der Waals surface area contributed by atoms with Crippen LogP contribution in [0.1, 0.15) is 30.8 Å². The van der Waals surface area contributed by atoms with Crippen molar-refractivity contribution in [2.24, 2.45) is 5.92 Å². The number of anilines is 1. The number of nitrogens with one attached hydrogen (secondary N) is 1. The summed E-state index contributed by atoms with van der Waals surface area (Å²) in [5.74, 6) is 2.87. The molecule has 1 aliphatic carbocycles. The molecule has 126 valence electrons. The summed E-state index contributed by atoms with van der Waals surface area (Å²) in [4.78, 5) is 23.9. The summed E-state index contributed by atoms with van der Waals surface area (Å²) in [6.45, 7) is 2.52. The highest BCUT2D eigenvalue weighted by Crippen LogP contribution is 2.47. The Labute approximate surface area is 139 Å². The molecule has 1 fully saturated rings.